The molecule has 0 radical (unpaired) electrons. The van der Waals surface area contributed by atoms with E-state index >= 15 is 0 Å². The molecular weight excluding hydrogens is 327 g/mol. The highest BCUT2D eigenvalue weighted by Crippen LogP contribution is 2.25. The van der Waals surface area contributed by atoms with Crippen LogP contribution in [0.25, 0.3) is 0 Å². The van der Waals surface area contributed by atoms with E-state index in [1.165, 1.54) is 17.7 Å². The van der Waals surface area contributed by atoms with Crippen molar-refractivity contribution in [2.24, 2.45) is 11.8 Å². The van der Waals surface area contributed by atoms with Crippen molar-refractivity contribution in [3.63, 3.8) is 0 Å². The van der Waals surface area contributed by atoms with E-state index in [0.717, 1.165) is 58.3 Å². The van der Waals surface area contributed by atoms with Gasteiger partial charge in [0.25, 0.3) is 0 Å². The standard InChI is InChI=1S/C19H27FN2O.ClH/c1-21-10-2-3-17(14-21)19(23)22-11-8-16(9-12-22)13-15-4-6-18(20)7-5-15;/h4-7,16-17H,2-3,8-14H2,1H3;1H. The van der Waals surface area contributed by atoms with Crippen molar-refractivity contribution >= 4 is 18.3 Å². The molecule has 2 aliphatic heterocycles. The lowest BCUT2D eigenvalue weighted by atomic mass is 9.89. The maximum Gasteiger partial charge on any atom is 0.226 e. The minimum absolute atomic E-state index is 0. The van der Waals surface area contributed by atoms with Gasteiger partial charge in [0.15, 0.2) is 0 Å². The van der Waals surface area contributed by atoms with Crippen LogP contribution in [-0.2, 0) is 11.2 Å². The molecular formula is C19H28ClFN2O. The van der Waals surface area contributed by atoms with Crippen LogP contribution in [0.15, 0.2) is 24.3 Å². The summed E-state index contributed by atoms with van der Waals surface area (Å²) < 4.78 is 13.0. The zero-order chi connectivity index (χ0) is 16.2. The molecule has 0 spiro atoms. The van der Waals surface area contributed by atoms with Gasteiger partial charge in [-0.1, -0.05) is 12.1 Å². The first-order chi connectivity index (χ1) is 11.1. The van der Waals surface area contributed by atoms with E-state index in [1.807, 2.05) is 12.1 Å². The van der Waals surface area contributed by atoms with Crippen LogP contribution in [-0.4, -0.2) is 48.9 Å². The molecule has 3 nitrogen and oxygen atoms in total. The van der Waals surface area contributed by atoms with Crippen LogP contribution >= 0.6 is 12.4 Å². The highest BCUT2D eigenvalue weighted by atomic mass is 35.5. The van der Waals surface area contributed by atoms with Crippen LogP contribution in [0.2, 0.25) is 0 Å². The summed E-state index contributed by atoms with van der Waals surface area (Å²) in [7, 11) is 2.11. The van der Waals surface area contributed by atoms with Crippen LogP contribution in [0, 0.1) is 17.7 Å². The van der Waals surface area contributed by atoms with Gasteiger partial charge < -0.3 is 9.80 Å². The number of carbonyl (C=O) groups excluding carboxylic acids is 1. The molecule has 5 heteroatoms. The average Bonchev–Trinajstić information content (AvgIpc) is 2.57. The largest absolute Gasteiger partial charge is 0.342 e. The fourth-order valence-electron chi connectivity index (χ4n) is 3.94. The third-order valence-electron chi connectivity index (χ3n) is 5.34. The first kappa shape index (κ1) is 19.2. The third kappa shape index (κ3) is 4.93. The van der Waals surface area contributed by atoms with Gasteiger partial charge >= 0.3 is 0 Å². The minimum Gasteiger partial charge on any atom is -0.342 e. The van der Waals surface area contributed by atoms with E-state index in [2.05, 4.69) is 16.8 Å². The number of benzene rings is 1. The highest BCUT2D eigenvalue weighted by molar-refractivity contribution is 5.85. The summed E-state index contributed by atoms with van der Waals surface area (Å²) in [5, 5.41) is 0. The van der Waals surface area contributed by atoms with Crippen molar-refractivity contribution in [1.82, 2.24) is 9.80 Å². The molecule has 1 amide bonds. The molecule has 0 N–H and O–H groups in total. The Hall–Kier alpha value is -1.13. The predicted molar refractivity (Wildman–Crippen MR) is 96.9 cm³/mol. The summed E-state index contributed by atoms with van der Waals surface area (Å²) in [6.07, 6.45) is 5.29. The number of likely N-dealkylation sites (tertiary alicyclic amines) is 2. The summed E-state index contributed by atoms with van der Waals surface area (Å²) >= 11 is 0. The smallest absolute Gasteiger partial charge is 0.226 e. The van der Waals surface area contributed by atoms with Gasteiger partial charge in [-0.05, 0) is 69.3 Å². The maximum absolute atomic E-state index is 13.0. The van der Waals surface area contributed by atoms with Crippen molar-refractivity contribution in [1.29, 1.82) is 0 Å². The summed E-state index contributed by atoms with van der Waals surface area (Å²) in [4.78, 5) is 17.0. The Morgan fingerprint density at radius 2 is 1.79 bits per heavy atom. The van der Waals surface area contributed by atoms with Gasteiger partial charge in [-0.15, -0.1) is 12.4 Å². The Morgan fingerprint density at radius 3 is 2.42 bits per heavy atom. The van der Waals surface area contributed by atoms with E-state index in [9.17, 15) is 9.18 Å². The normalized spacial score (nSPS) is 22.9. The molecule has 134 valence electrons. The average molecular weight is 355 g/mol. The number of halogens is 2. The first-order valence-electron chi connectivity index (χ1n) is 8.83. The summed E-state index contributed by atoms with van der Waals surface area (Å²) in [5.41, 5.74) is 1.20. The SMILES string of the molecule is CN1CCCC(C(=O)N2CCC(Cc3ccc(F)cc3)CC2)C1.Cl. The number of hydrogen-bond acceptors (Lipinski definition) is 2. The fraction of sp³-hybridized carbons (Fsp3) is 0.632. The van der Waals surface area contributed by atoms with E-state index in [4.69, 9.17) is 0 Å². The second-order valence-corrected chi connectivity index (χ2v) is 7.20. The van der Waals surface area contributed by atoms with E-state index in [0.29, 0.717) is 11.8 Å². The quantitative estimate of drug-likeness (QED) is 0.830. The topological polar surface area (TPSA) is 23.6 Å². The summed E-state index contributed by atoms with van der Waals surface area (Å²) in [6.45, 7) is 3.79. The lowest BCUT2D eigenvalue weighted by Gasteiger charge is -2.37. The van der Waals surface area contributed by atoms with Crippen molar-refractivity contribution < 1.29 is 9.18 Å². The molecule has 24 heavy (non-hydrogen) atoms. The van der Waals surface area contributed by atoms with Gasteiger partial charge in [-0.3, -0.25) is 4.79 Å². The first-order valence-corrected chi connectivity index (χ1v) is 8.83. The Kier molecular flexibility index (Phi) is 7.05. The number of hydrogen-bond donors (Lipinski definition) is 0. The molecule has 0 saturated carbocycles. The van der Waals surface area contributed by atoms with Gasteiger partial charge in [-0.25, -0.2) is 4.39 Å². The van der Waals surface area contributed by atoms with Gasteiger partial charge in [0, 0.05) is 19.6 Å². The number of carbonyl (C=O) groups is 1. The molecule has 2 heterocycles. The second kappa shape index (κ2) is 8.82. The lowest BCUT2D eigenvalue weighted by molar-refractivity contribution is -0.138. The van der Waals surface area contributed by atoms with Crippen LogP contribution in [0.5, 0.6) is 0 Å². The Bertz CT molecular complexity index is 529. The second-order valence-electron chi connectivity index (χ2n) is 7.20. The number of rotatable bonds is 3. The van der Waals surface area contributed by atoms with Gasteiger partial charge in [0.05, 0.1) is 5.92 Å². The van der Waals surface area contributed by atoms with Crippen molar-refractivity contribution in [3.8, 4) is 0 Å². The molecule has 2 aliphatic rings. The molecule has 2 saturated heterocycles. The highest BCUT2D eigenvalue weighted by Gasteiger charge is 2.30. The van der Waals surface area contributed by atoms with Gasteiger partial charge in [0.2, 0.25) is 5.91 Å². The van der Waals surface area contributed by atoms with Crippen molar-refractivity contribution in [2.75, 3.05) is 33.2 Å². The zero-order valence-corrected chi connectivity index (χ0v) is 15.2. The van der Waals surface area contributed by atoms with E-state index < -0.39 is 0 Å². The Labute approximate surface area is 150 Å². The minimum atomic E-state index is -0.174. The Balaban J connectivity index is 0.00000208. The summed E-state index contributed by atoms with van der Waals surface area (Å²) in [5.74, 6) is 0.990. The number of piperidine rings is 2. The van der Waals surface area contributed by atoms with Gasteiger partial charge in [-0.2, -0.15) is 0 Å². The number of amides is 1. The predicted octanol–water partition coefficient (Wildman–Crippen LogP) is 3.37. The maximum atomic E-state index is 13.0. The zero-order valence-electron chi connectivity index (χ0n) is 14.4. The van der Waals surface area contributed by atoms with Crippen molar-refractivity contribution in [3.05, 3.63) is 35.6 Å². The third-order valence-corrected chi connectivity index (χ3v) is 5.34. The van der Waals surface area contributed by atoms with Crippen LogP contribution in [0.4, 0.5) is 4.39 Å². The molecule has 0 aliphatic carbocycles. The monoisotopic (exact) mass is 354 g/mol. The van der Waals surface area contributed by atoms with E-state index in [1.54, 1.807) is 0 Å². The van der Waals surface area contributed by atoms with Crippen LogP contribution in [0.1, 0.15) is 31.2 Å². The summed E-state index contributed by atoms with van der Waals surface area (Å²) in [6, 6.07) is 6.83. The fourth-order valence-corrected chi connectivity index (χ4v) is 3.94. The molecule has 1 atom stereocenters. The molecule has 1 aromatic rings. The molecule has 1 aromatic carbocycles. The Morgan fingerprint density at radius 1 is 1.12 bits per heavy atom. The molecule has 0 bridgehead atoms. The molecule has 1 unspecified atom stereocenters. The van der Waals surface area contributed by atoms with Crippen LogP contribution in [0.3, 0.4) is 0 Å². The van der Waals surface area contributed by atoms with E-state index in [-0.39, 0.29) is 24.1 Å². The number of nitrogens with zero attached hydrogens (tertiary/aromatic N) is 2. The lowest BCUT2D eigenvalue weighted by Crippen LogP contribution is -2.46. The molecule has 2 fully saturated rings. The molecule has 3 rings (SSSR count). The van der Waals surface area contributed by atoms with Crippen LogP contribution < -0.4 is 0 Å². The van der Waals surface area contributed by atoms with Gasteiger partial charge in [0.1, 0.15) is 5.82 Å². The van der Waals surface area contributed by atoms with Crippen molar-refractivity contribution in [2.45, 2.75) is 32.1 Å². The molecule has 0 aromatic heterocycles.